The van der Waals surface area contributed by atoms with Gasteiger partial charge in [-0.05, 0) is 31.1 Å². The summed E-state index contributed by atoms with van der Waals surface area (Å²) in [5, 5.41) is 0.842. The summed E-state index contributed by atoms with van der Waals surface area (Å²) in [7, 11) is 0. The molecule has 0 unspecified atom stereocenters. The van der Waals surface area contributed by atoms with E-state index in [1.165, 1.54) is 11.3 Å². The van der Waals surface area contributed by atoms with Crippen LogP contribution in [0.1, 0.15) is 28.9 Å². The van der Waals surface area contributed by atoms with E-state index >= 15 is 0 Å². The minimum atomic E-state index is 0.166. The first-order valence-electron chi connectivity index (χ1n) is 7.52. The van der Waals surface area contributed by atoms with Gasteiger partial charge in [-0.1, -0.05) is 29.9 Å². The van der Waals surface area contributed by atoms with Crippen LogP contribution in [-0.4, -0.2) is 17.3 Å². The fourth-order valence-electron chi connectivity index (χ4n) is 2.64. The zero-order chi connectivity index (χ0) is 14.9. The Bertz CT molecular complexity index is 739. The molecule has 3 heterocycles. The molecule has 2 aromatic rings. The first-order chi connectivity index (χ1) is 10.8. The van der Waals surface area contributed by atoms with E-state index in [1.54, 1.807) is 6.26 Å². The van der Waals surface area contributed by atoms with Crippen LogP contribution >= 0.6 is 11.3 Å². The van der Waals surface area contributed by atoms with Crippen LogP contribution in [0.25, 0.3) is 11.5 Å². The maximum atomic E-state index is 12.7. The molecule has 22 heavy (non-hydrogen) atoms. The molecule has 1 saturated carbocycles. The Morgan fingerprint density at radius 1 is 1.36 bits per heavy atom. The largest absolute Gasteiger partial charge is 0.463 e. The van der Waals surface area contributed by atoms with Crippen molar-refractivity contribution in [1.29, 1.82) is 0 Å². The number of rotatable bonds is 4. The maximum Gasteiger partial charge on any atom is 0.191 e. The third-order valence-corrected chi connectivity index (χ3v) is 5.24. The summed E-state index contributed by atoms with van der Waals surface area (Å²) >= 11 is 1.47. The van der Waals surface area contributed by atoms with Crippen LogP contribution in [0.5, 0.6) is 0 Å². The van der Waals surface area contributed by atoms with Crippen molar-refractivity contribution in [2.45, 2.75) is 19.3 Å². The molecule has 0 atom stereocenters. The Balaban J connectivity index is 1.74. The number of Topliss-reactive ketones (excluding diaryl/α,β-unsaturated/α-hetero) is 1. The van der Waals surface area contributed by atoms with Crippen molar-refractivity contribution in [1.82, 2.24) is 4.98 Å². The average Bonchev–Trinajstić information content (AvgIpc) is 3.15. The topological polar surface area (TPSA) is 46.3 Å². The third kappa shape index (κ3) is 2.31. The highest BCUT2D eigenvalue weighted by Crippen LogP contribution is 2.39. The lowest BCUT2D eigenvalue weighted by atomic mass is 9.81. The lowest BCUT2D eigenvalue weighted by Crippen LogP contribution is -2.21. The molecule has 1 aliphatic carbocycles. The van der Waals surface area contributed by atoms with Crippen LogP contribution < -0.4 is 4.90 Å². The number of thiazole rings is 1. The molecule has 0 spiro atoms. The van der Waals surface area contributed by atoms with Gasteiger partial charge < -0.3 is 9.32 Å². The number of anilines is 1. The van der Waals surface area contributed by atoms with Gasteiger partial charge in [0.15, 0.2) is 16.7 Å². The predicted molar refractivity (Wildman–Crippen MR) is 87.1 cm³/mol. The molecule has 2 aliphatic rings. The SMILES string of the molecule is O=C(c1sc(N2C=CC=CC2)nc1-c1ccco1)C1CCC1. The van der Waals surface area contributed by atoms with E-state index in [-0.39, 0.29) is 11.7 Å². The molecule has 112 valence electrons. The highest BCUT2D eigenvalue weighted by atomic mass is 32.1. The van der Waals surface area contributed by atoms with Crippen LogP contribution in [0.2, 0.25) is 0 Å². The second-order valence-electron chi connectivity index (χ2n) is 5.57. The molecule has 0 amide bonds. The van der Waals surface area contributed by atoms with Crippen LogP contribution in [0.4, 0.5) is 5.13 Å². The second kappa shape index (κ2) is 5.57. The van der Waals surface area contributed by atoms with Gasteiger partial charge in [0, 0.05) is 18.7 Å². The lowest BCUT2D eigenvalue weighted by molar-refractivity contribution is 0.0860. The molecule has 0 aromatic carbocycles. The van der Waals surface area contributed by atoms with Crippen molar-refractivity contribution in [3.05, 3.63) is 47.7 Å². The Hall–Kier alpha value is -2.14. The van der Waals surface area contributed by atoms with E-state index in [4.69, 9.17) is 4.42 Å². The second-order valence-corrected chi connectivity index (χ2v) is 6.54. The van der Waals surface area contributed by atoms with E-state index in [9.17, 15) is 4.79 Å². The van der Waals surface area contributed by atoms with Gasteiger partial charge in [0.2, 0.25) is 0 Å². The summed E-state index contributed by atoms with van der Waals surface area (Å²) in [6, 6.07) is 3.69. The first-order valence-corrected chi connectivity index (χ1v) is 8.33. The first kappa shape index (κ1) is 13.5. The normalized spacial score (nSPS) is 17.7. The standard InChI is InChI=1S/C17H16N2O2S/c20-15(12-6-4-7-12)16-14(13-8-5-11-21-13)18-17(22-16)19-9-2-1-3-10-19/h1-3,5,8-9,11-12H,4,6-7,10H2. The minimum absolute atomic E-state index is 0.166. The fourth-order valence-corrected chi connectivity index (χ4v) is 3.73. The number of carbonyl (C=O) groups excluding carboxylic acids is 1. The molecule has 0 radical (unpaired) electrons. The molecule has 5 heteroatoms. The van der Waals surface area contributed by atoms with Gasteiger partial charge in [-0.2, -0.15) is 0 Å². The molecule has 0 N–H and O–H groups in total. The Morgan fingerprint density at radius 2 is 2.27 bits per heavy atom. The van der Waals surface area contributed by atoms with E-state index in [1.807, 2.05) is 30.5 Å². The van der Waals surface area contributed by atoms with Crippen LogP contribution in [-0.2, 0) is 0 Å². The van der Waals surface area contributed by atoms with Gasteiger partial charge in [-0.3, -0.25) is 4.79 Å². The summed E-state index contributed by atoms with van der Waals surface area (Å²) in [5.41, 5.74) is 0.685. The number of hydrogen-bond acceptors (Lipinski definition) is 5. The quantitative estimate of drug-likeness (QED) is 0.791. The molecule has 0 bridgehead atoms. The number of ketones is 1. The predicted octanol–water partition coefficient (Wildman–Crippen LogP) is 4.28. The number of hydrogen-bond donors (Lipinski definition) is 0. The van der Waals surface area contributed by atoms with E-state index in [2.05, 4.69) is 16.0 Å². The highest BCUT2D eigenvalue weighted by Gasteiger charge is 2.31. The number of carbonyl (C=O) groups is 1. The molecule has 4 rings (SSSR count). The lowest BCUT2D eigenvalue weighted by Gasteiger charge is -2.23. The summed E-state index contributed by atoms with van der Waals surface area (Å²) < 4.78 is 5.48. The van der Waals surface area contributed by atoms with Crippen LogP contribution in [0.15, 0.2) is 47.2 Å². The molecule has 4 nitrogen and oxygen atoms in total. The third-order valence-electron chi connectivity index (χ3n) is 4.13. The van der Waals surface area contributed by atoms with Crippen molar-refractivity contribution in [3.63, 3.8) is 0 Å². The fraction of sp³-hybridized carbons (Fsp3) is 0.294. The van der Waals surface area contributed by atoms with Crippen molar-refractivity contribution >= 4 is 22.3 Å². The molecule has 1 aliphatic heterocycles. The Kier molecular flexibility index (Phi) is 3.42. The van der Waals surface area contributed by atoms with Crippen molar-refractivity contribution in [2.24, 2.45) is 5.92 Å². The zero-order valence-corrected chi connectivity index (χ0v) is 12.9. The van der Waals surface area contributed by atoms with E-state index < -0.39 is 0 Å². The Morgan fingerprint density at radius 3 is 2.91 bits per heavy atom. The number of nitrogens with zero attached hydrogens (tertiary/aromatic N) is 2. The van der Waals surface area contributed by atoms with Gasteiger partial charge in [-0.15, -0.1) is 0 Å². The number of aromatic nitrogens is 1. The Labute approximate surface area is 132 Å². The van der Waals surface area contributed by atoms with E-state index in [0.29, 0.717) is 11.5 Å². The summed E-state index contributed by atoms with van der Waals surface area (Å²) in [5.74, 6) is 1.05. The molecule has 0 saturated heterocycles. The van der Waals surface area contributed by atoms with Crippen molar-refractivity contribution in [2.75, 3.05) is 11.4 Å². The maximum absolute atomic E-state index is 12.7. The molecular formula is C17H16N2O2S. The van der Waals surface area contributed by atoms with Crippen molar-refractivity contribution in [3.8, 4) is 11.5 Å². The number of allylic oxidation sites excluding steroid dienone is 2. The van der Waals surface area contributed by atoms with E-state index in [0.717, 1.165) is 35.8 Å². The van der Waals surface area contributed by atoms with Gasteiger partial charge in [-0.25, -0.2) is 4.98 Å². The summed E-state index contributed by atoms with van der Waals surface area (Å²) in [6.07, 6.45) is 12.8. The molecular weight excluding hydrogens is 296 g/mol. The van der Waals surface area contributed by atoms with Gasteiger partial charge >= 0.3 is 0 Å². The smallest absolute Gasteiger partial charge is 0.191 e. The number of furan rings is 1. The van der Waals surface area contributed by atoms with Gasteiger partial charge in [0.1, 0.15) is 10.6 Å². The van der Waals surface area contributed by atoms with Crippen molar-refractivity contribution < 1.29 is 9.21 Å². The van der Waals surface area contributed by atoms with Crippen LogP contribution in [0.3, 0.4) is 0 Å². The van der Waals surface area contributed by atoms with Gasteiger partial charge in [0.05, 0.1) is 6.26 Å². The van der Waals surface area contributed by atoms with Gasteiger partial charge in [0.25, 0.3) is 0 Å². The summed E-state index contributed by atoms with van der Waals surface area (Å²) in [4.78, 5) is 20.2. The summed E-state index contributed by atoms with van der Waals surface area (Å²) in [6.45, 7) is 0.776. The molecule has 2 aromatic heterocycles. The highest BCUT2D eigenvalue weighted by molar-refractivity contribution is 7.18. The minimum Gasteiger partial charge on any atom is -0.463 e. The monoisotopic (exact) mass is 312 g/mol. The zero-order valence-electron chi connectivity index (χ0n) is 12.1. The molecule has 1 fully saturated rings. The average molecular weight is 312 g/mol. The van der Waals surface area contributed by atoms with Crippen LogP contribution in [0, 0.1) is 5.92 Å².